The number of carboxylic acids is 1. The number of hydrogen-bond acceptors (Lipinski definition) is 4. The van der Waals surface area contributed by atoms with Gasteiger partial charge < -0.3 is 5.11 Å². The third kappa shape index (κ3) is 2.75. The Kier molecular flexibility index (Phi) is 3.66. The predicted molar refractivity (Wildman–Crippen MR) is 66.4 cm³/mol. The summed E-state index contributed by atoms with van der Waals surface area (Å²) in [6.07, 6.45) is 0.934. The van der Waals surface area contributed by atoms with E-state index in [9.17, 15) is 19.3 Å². The van der Waals surface area contributed by atoms with Crippen molar-refractivity contribution in [2.24, 2.45) is 0 Å². The molecule has 0 radical (unpaired) electrons. The Morgan fingerprint density at radius 2 is 2.25 bits per heavy atom. The minimum Gasteiger partial charge on any atom is -0.476 e. The van der Waals surface area contributed by atoms with Gasteiger partial charge in [-0.15, -0.1) is 0 Å². The van der Waals surface area contributed by atoms with Gasteiger partial charge in [0.05, 0.1) is 11.5 Å². The zero-order valence-electron chi connectivity index (χ0n) is 9.79. The van der Waals surface area contributed by atoms with Gasteiger partial charge in [-0.25, -0.2) is 9.18 Å². The van der Waals surface area contributed by atoms with Gasteiger partial charge in [-0.2, -0.15) is 5.10 Å². The molecule has 1 N–H and O–H groups in total. The van der Waals surface area contributed by atoms with Crippen molar-refractivity contribution in [3.05, 3.63) is 56.6 Å². The van der Waals surface area contributed by atoms with E-state index in [4.69, 9.17) is 16.7 Å². The van der Waals surface area contributed by atoms with Gasteiger partial charge >= 0.3 is 11.7 Å². The Morgan fingerprint density at radius 1 is 1.55 bits per heavy atom. The Balaban J connectivity index is 2.39. The highest BCUT2D eigenvalue weighted by Crippen LogP contribution is 2.20. The molecule has 1 heterocycles. The van der Waals surface area contributed by atoms with Crippen LogP contribution in [0.2, 0.25) is 5.02 Å². The molecule has 0 aliphatic heterocycles. The van der Waals surface area contributed by atoms with Crippen LogP contribution in [0.3, 0.4) is 0 Å². The average molecular weight is 300 g/mol. The smallest absolute Gasteiger partial charge is 0.363 e. The minimum absolute atomic E-state index is 0.145. The number of rotatable bonds is 4. The lowest BCUT2D eigenvalue weighted by molar-refractivity contribution is -0.385. The van der Waals surface area contributed by atoms with Crippen LogP contribution in [0.5, 0.6) is 0 Å². The maximum Gasteiger partial charge on any atom is 0.363 e. The fraction of sp³-hybridized carbons (Fsp3) is 0.0909. The highest BCUT2D eigenvalue weighted by molar-refractivity contribution is 6.30. The maximum atomic E-state index is 13.5. The molecule has 0 fully saturated rings. The summed E-state index contributed by atoms with van der Waals surface area (Å²) in [7, 11) is 0. The molecule has 0 atom stereocenters. The third-order valence-electron chi connectivity index (χ3n) is 2.48. The second kappa shape index (κ2) is 5.25. The number of carbonyl (C=O) groups is 1. The molecule has 104 valence electrons. The first-order valence-electron chi connectivity index (χ1n) is 5.27. The lowest BCUT2D eigenvalue weighted by atomic mass is 10.2. The molecule has 1 aromatic heterocycles. The average Bonchev–Trinajstić information content (AvgIpc) is 2.78. The SMILES string of the molecule is O=C(O)c1nn(Cc2cc(Cl)ccc2F)cc1[N+](=O)[O-]. The first-order valence-corrected chi connectivity index (χ1v) is 5.65. The van der Waals surface area contributed by atoms with Gasteiger partial charge in [0.1, 0.15) is 12.0 Å². The zero-order valence-corrected chi connectivity index (χ0v) is 10.5. The summed E-state index contributed by atoms with van der Waals surface area (Å²) in [5.74, 6) is -2.09. The molecular weight excluding hydrogens is 293 g/mol. The van der Waals surface area contributed by atoms with Crippen molar-refractivity contribution < 1.29 is 19.2 Å². The van der Waals surface area contributed by atoms with E-state index >= 15 is 0 Å². The predicted octanol–water partition coefficient (Wildman–Crippen LogP) is 2.33. The van der Waals surface area contributed by atoms with E-state index in [0.717, 1.165) is 16.9 Å². The number of hydrogen-bond donors (Lipinski definition) is 1. The molecule has 2 aromatic rings. The molecule has 0 bridgehead atoms. The van der Waals surface area contributed by atoms with E-state index in [0.29, 0.717) is 5.02 Å². The van der Waals surface area contributed by atoms with E-state index < -0.39 is 28.1 Å². The molecule has 0 aliphatic carbocycles. The summed E-state index contributed by atoms with van der Waals surface area (Å²) in [6.45, 7) is -0.166. The third-order valence-corrected chi connectivity index (χ3v) is 2.72. The number of aromatic nitrogens is 2. The van der Waals surface area contributed by atoms with Crippen LogP contribution in [0.4, 0.5) is 10.1 Å². The van der Waals surface area contributed by atoms with Crippen molar-refractivity contribution in [3.8, 4) is 0 Å². The van der Waals surface area contributed by atoms with Crippen molar-refractivity contribution in [1.29, 1.82) is 0 Å². The standard InChI is InChI=1S/C11H7ClFN3O4/c12-7-1-2-8(13)6(3-7)4-15-5-9(16(19)20)10(14-15)11(17)18/h1-3,5H,4H2,(H,17,18). The van der Waals surface area contributed by atoms with E-state index in [-0.39, 0.29) is 12.1 Å². The van der Waals surface area contributed by atoms with Crippen LogP contribution >= 0.6 is 11.6 Å². The summed E-state index contributed by atoms with van der Waals surface area (Å²) in [6, 6.07) is 3.84. The lowest BCUT2D eigenvalue weighted by Crippen LogP contribution is -2.05. The van der Waals surface area contributed by atoms with Crippen LogP contribution in [0, 0.1) is 15.9 Å². The van der Waals surface area contributed by atoms with Crippen molar-refractivity contribution in [2.75, 3.05) is 0 Å². The summed E-state index contributed by atoms with van der Waals surface area (Å²) in [4.78, 5) is 20.7. The molecule has 0 saturated heterocycles. The molecular formula is C11H7ClFN3O4. The molecule has 7 nitrogen and oxygen atoms in total. The summed E-state index contributed by atoms with van der Waals surface area (Å²) in [5.41, 5.74) is -1.20. The normalized spacial score (nSPS) is 10.5. The maximum absolute atomic E-state index is 13.5. The second-order valence-corrected chi connectivity index (χ2v) is 4.29. The first kappa shape index (κ1) is 13.9. The molecule has 9 heteroatoms. The van der Waals surface area contributed by atoms with Gasteiger partial charge in [-0.05, 0) is 18.2 Å². The molecule has 2 rings (SSSR count). The van der Waals surface area contributed by atoms with Gasteiger partial charge in [-0.1, -0.05) is 11.6 Å². The van der Waals surface area contributed by atoms with Gasteiger partial charge in [0.2, 0.25) is 5.69 Å². The van der Waals surface area contributed by atoms with Gasteiger partial charge in [-0.3, -0.25) is 14.8 Å². The number of aromatic carboxylic acids is 1. The Labute approximate surface area is 116 Å². The van der Waals surface area contributed by atoms with E-state index in [1.165, 1.54) is 12.1 Å². The highest BCUT2D eigenvalue weighted by atomic mass is 35.5. The Morgan fingerprint density at radius 3 is 2.80 bits per heavy atom. The number of halogens is 2. The number of nitrogens with zero attached hydrogens (tertiary/aromatic N) is 3. The van der Waals surface area contributed by atoms with Gasteiger partial charge in [0.25, 0.3) is 0 Å². The van der Waals surface area contributed by atoms with Crippen LogP contribution in [0.15, 0.2) is 24.4 Å². The molecule has 0 aliphatic rings. The van der Waals surface area contributed by atoms with Crippen molar-refractivity contribution in [2.45, 2.75) is 6.54 Å². The molecule has 0 amide bonds. The fourth-order valence-electron chi connectivity index (χ4n) is 1.62. The van der Waals surface area contributed by atoms with Crippen molar-refractivity contribution in [3.63, 3.8) is 0 Å². The summed E-state index contributed by atoms with van der Waals surface area (Å²) in [5, 5.41) is 23.4. The summed E-state index contributed by atoms with van der Waals surface area (Å²) >= 11 is 5.72. The first-order chi connectivity index (χ1) is 9.38. The van der Waals surface area contributed by atoms with E-state index in [2.05, 4.69) is 5.10 Å². The van der Waals surface area contributed by atoms with Crippen LogP contribution in [-0.4, -0.2) is 25.8 Å². The van der Waals surface area contributed by atoms with Crippen LogP contribution in [0.25, 0.3) is 0 Å². The van der Waals surface area contributed by atoms with Crippen molar-refractivity contribution >= 4 is 23.3 Å². The number of nitro groups is 1. The zero-order chi connectivity index (χ0) is 14.9. The number of benzene rings is 1. The number of carboxylic acid groups (broad SMARTS) is 1. The highest BCUT2D eigenvalue weighted by Gasteiger charge is 2.25. The topological polar surface area (TPSA) is 98.3 Å². The quantitative estimate of drug-likeness (QED) is 0.690. The monoisotopic (exact) mass is 299 g/mol. The minimum atomic E-state index is -1.53. The summed E-state index contributed by atoms with van der Waals surface area (Å²) < 4.78 is 14.5. The van der Waals surface area contributed by atoms with E-state index in [1.807, 2.05) is 0 Å². The second-order valence-electron chi connectivity index (χ2n) is 3.86. The molecule has 0 unspecified atom stereocenters. The molecule has 20 heavy (non-hydrogen) atoms. The van der Waals surface area contributed by atoms with Gasteiger partial charge in [0, 0.05) is 10.6 Å². The fourth-order valence-corrected chi connectivity index (χ4v) is 1.81. The molecule has 0 spiro atoms. The Bertz CT molecular complexity index is 669. The largest absolute Gasteiger partial charge is 0.476 e. The Hall–Kier alpha value is -2.48. The van der Waals surface area contributed by atoms with Crippen LogP contribution in [-0.2, 0) is 6.54 Å². The van der Waals surface area contributed by atoms with Gasteiger partial charge in [0.15, 0.2) is 0 Å². The van der Waals surface area contributed by atoms with E-state index in [1.54, 1.807) is 0 Å². The van der Waals surface area contributed by atoms with Crippen LogP contribution < -0.4 is 0 Å². The molecule has 1 aromatic carbocycles. The van der Waals surface area contributed by atoms with Crippen LogP contribution in [0.1, 0.15) is 16.1 Å². The van der Waals surface area contributed by atoms with Crippen molar-refractivity contribution in [1.82, 2.24) is 9.78 Å². The lowest BCUT2D eigenvalue weighted by Gasteiger charge is -2.03. The molecule has 0 saturated carbocycles.